The summed E-state index contributed by atoms with van der Waals surface area (Å²) in [5, 5.41) is 20.3. The normalized spacial score (nSPS) is 16.2. The van der Waals surface area contributed by atoms with Gasteiger partial charge in [0.25, 0.3) is 0 Å². The summed E-state index contributed by atoms with van der Waals surface area (Å²) in [5.41, 5.74) is 2.89. The van der Waals surface area contributed by atoms with Gasteiger partial charge in [-0.1, -0.05) is 25.6 Å². The smallest absolute Gasteiger partial charge is 0.335 e. The van der Waals surface area contributed by atoms with E-state index in [0.29, 0.717) is 30.1 Å². The van der Waals surface area contributed by atoms with Crippen LogP contribution in [0.4, 0.5) is 4.39 Å². The second kappa shape index (κ2) is 10.5. The summed E-state index contributed by atoms with van der Waals surface area (Å²) >= 11 is 0. The topological polar surface area (TPSA) is 76.0 Å². The molecule has 32 heavy (non-hydrogen) atoms. The van der Waals surface area contributed by atoms with Gasteiger partial charge >= 0.3 is 5.97 Å². The third kappa shape index (κ3) is 5.56. The Hall–Kier alpha value is -3.12. The van der Waals surface area contributed by atoms with Gasteiger partial charge in [0, 0.05) is 30.7 Å². The van der Waals surface area contributed by atoms with Gasteiger partial charge in [-0.15, -0.1) is 0 Å². The maximum Gasteiger partial charge on any atom is 0.335 e. The highest BCUT2D eigenvalue weighted by molar-refractivity contribution is 5.88. The Morgan fingerprint density at radius 2 is 1.97 bits per heavy atom. The summed E-state index contributed by atoms with van der Waals surface area (Å²) in [7, 11) is 0. The molecule has 6 heteroatoms. The third-order valence-corrected chi connectivity index (χ3v) is 5.97. The molecule has 0 radical (unpaired) electrons. The van der Waals surface area contributed by atoms with E-state index in [1.807, 2.05) is 6.92 Å². The molecule has 1 aliphatic heterocycles. The number of benzene rings is 2. The number of carbonyl (C=O) groups is 1. The predicted octanol–water partition coefficient (Wildman–Crippen LogP) is 5.90. The fourth-order valence-corrected chi connectivity index (χ4v) is 3.85. The molecule has 2 aromatic rings. The number of aliphatic hydroxyl groups excluding tert-OH is 1. The summed E-state index contributed by atoms with van der Waals surface area (Å²) in [6.45, 7) is 8.70. The van der Waals surface area contributed by atoms with Crippen molar-refractivity contribution in [2.75, 3.05) is 13.2 Å². The lowest BCUT2D eigenvalue weighted by Crippen LogP contribution is -2.26. The maximum absolute atomic E-state index is 13.9. The van der Waals surface area contributed by atoms with Crippen LogP contribution in [0.3, 0.4) is 0 Å². The van der Waals surface area contributed by atoms with E-state index in [-0.39, 0.29) is 35.6 Å². The fraction of sp³-hybridized carbons (Fsp3) is 0.346. The van der Waals surface area contributed by atoms with Gasteiger partial charge in [-0.05, 0) is 54.0 Å². The van der Waals surface area contributed by atoms with Crippen molar-refractivity contribution in [1.82, 2.24) is 0 Å². The summed E-state index contributed by atoms with van der Waals surface area (Å²) < 4.78 is 25.4. The number of allylic oxidation sites excluding steroid dienone is 2. The monoisotopic (exact) mass is 440 g/mol. The van der Waals surface area contributed by atoms with E-state index in [1.54, 1.807) is 25.1 Å². The van der Waals surface area contributed by atoms with Crippen LogP contribution in [-0.2, 0) is 11.2 Å². The molecule has 0 bridgehead atoms. The lowest BCUT2D eigenvalue weighted by atomic mass is 9.88. The van der Waals surface area contributed by atoms with Crippen LogP contribution in [0, 0.1) is 5.82 Å². The van der Waals surface area contributed by atoms with E-state index < -0.39 is 5.97 Å². The molecule has 2 N–H and O–H groups in total. The first-order valence-corrected chi connectivity index (χ1v) is 10.7. The molecule has 1 aliphatic rings. The third-order valence-electron chi connectivity index (χ3n) is 5.97. The number of halogens is 1. The minimum absolute atomic E-state index is 0.0215. The first-order chi connectivity index (χ1) is 15.3. The molecule has 5 nitrogen and oxygen atoms in total. The molecule has 0 spiro atoms. The highest BCUT2D eigenvalue weighted by Gasteiger charge is 2.20. The minimum Gasteiger partial charge on any atom is -0.512 e. The molecule has 2 aromatic carbocycles. The van der Waals surface area contributed by atoms with Crippen LogP contribution in [0.1, 0.15) is 59.7 Å². The van der Waals surface area contributed by atoms with Gasteiger partial charge in [0.15, 0.2) is 0 Å². The van der Waals surface area contributed by atoms with E-state index in [0.717, 1.165) is 24.0 Å². The highest BCUT2D eigenvalue weighted by atomic mass is 19.1. The van der Waals surface area contributed by atoms with E-state index >= 15 is 0 Å². The van der Waals surface area contributed by atoms with Gasteiger partial charge in [-0.25, -0.2) is 9.18 Å². The van der Waals surface area contributed by atoms with Crippen LogP contribution in [-0.4, -0.2) is 35.5 Å². The average Bonchev–Trinajstić information content (AvgIpc) is 2.79. The molecule has 1 saturated heterocycles. The van der Waals surface area contributed by atoms with Crippen molar-refractivity contribution in [2.24, 2.45) is 0 Å². The van der Waals surface area contributed by atoms with Crippen molar-refractivity contribution in [2.45, 2.75) is 45.1 Å². The quantitative estimate of drug-likeness (QED) is 0.500. The van der Waals surface area contributed by atoms with E-state index in [2.05, 4.69) is 6.58 Å². The van der Waals surface area contributed by atoms with Crippen molar-refractivity contribution in [3.8, 4) is 5.75 Å². The molecular formula is C26H29FO5. The molecule has 1 unspecified atom stereocenters. The molecule has 1 fully saturated rings. The van der Waals surface area contributed by atoms with Crippen LogP contribution >= 0.6 is 0 Å². The molecule has 0 aromatic heterocycles. The van der Waals surface area contributed by atoms with Crippen LogP contribution in [0.25, 0.3) is 6.08 Å². The zero-order valence-corrected chi connectivity index (χ0v) is 18.4. The van der Waals surface area contributed by atoms with Gasteiger partial charge in [0.05, 0.1) is 24.5 Å². The Labute approximate surface area is 187 Å². The molecule has 170 valence electrons. The first kappa shape index (κ1) is 23.5. The summed E-state index contributed by atoms with van der Waals surface area (Å²) in [4.78, 5) is 11.5. The molecule has 3 rings (SSSR count). The van der Waals surface area contributed by atoms with Crippen molar-refractivity contribution < 1.29 is 28.9 Å². The number of ether oxygens (including phenoxy) is 2. The predicted molar refractivity (Wildman–Crippen MR) is 122 cm³/mol. The number of aliphatic hydroxyl groups is 1. The second-order valence-electron chi connectivity index (χ2n) is 8.06. The average molecular weight is 441 g/mol. The lowest BCUT2D eigenvalue weighted by molar-refractivity contribution is 0.0252. The Kier molecular flexibility index (Phi) is 7.70. The van der Waals surface area contributed by atoms with E-state index in [1.165, 1.54) is 24.3 Å². The number of rotatable bonds is 8. The van der Waals surface area contributed by atoms with Gasteiger partial charge in [-0.2, -0.15) is 0 Å². The Balaban J connectivity index is 1.91. The first-order valence-electron chi connectivity index (χ1n) is 10.7. The Morgan fingerprint density at radius 1 is 1.25 bits per heavy atom. The second-order valence-corrected chi connectivity index (χ2v) is 8.06. The van der Waals surface area contributed by atoms with Crippen LogP contribution in [0.15, 0.2) is 54.3 Å². The minimum atomic E-state index is -1.05. The number of aromatic carboxylic acids is 1. The summed E-state index contributed by atoms with van der Waals surface area (Å²) in [5.74, 6) is -1.03. The summed E-state index contributed by atoms with van der Waals surface area (Å²) in [6, 6.07) is 9.16. The molecular weight excluding hydrogens is 411 g/mol. The molecule has 0 saturated carbocycles. The molecule has 1 atom stereocenters. The fourth-order valence-electron chi connectivity index (χ4n) is 3.85. The number of hydrogen-bond acceptors (Lipinski definition) is 4. The van der Waals surface area contributed by atoms with Crippen molar-refractivity contribution in [3.63, 3.8) is 0 Å². The van der Waals surface area contributed by atoms with Gasteiger partial charge in [0.2, 0.25) is 0 Å². The maximum atomic E-state index is 13.9. The van der Waals surface area contributed by atoms with E-state index in [4.69, 9.17) is 9.47 Å². The van der Waals surface area contributed by atoms with Crippen LogP contribution < -0.4 is 4.74 Å². The number of carboxylic acids is 1. The van der Waals surface area contributed by atoms with Crippen LogP contribution in [0.5, 0.6) is 5.75 Å². The van der Waals surface area contributed by atoms with Gasteiger partial charge in [0.1, 0.15) is 17.7 Å². The van der Waals surface area contributed by atoms with Crippen LogP contribution in [0.2, 0.25) is 0 Å². The largest absolute Gasteiger partial charge is 0.512 e. The Bertz CT molecular complexity index is 1020. The van der Waals surface area contributed by atoms with Gasteiger partial charge in [-0.3, -0.25) is 0 Å². The zero-order chi connectivity index (χ0) is 23.3. The van der Waals surface area contributed by atoms with Crippen molar-refractivity contribution in [1.29, 1.82) is 0 Å². The zero-order valence-electron chi connectivity index (χ0n) is 18.4. The highest BCUT2D eigenvalue weighted by Crippen LogP contribution is 2.32. The van der Waals surface area contributed by atoms with Gasteiger partial charge < -0.3 is 19.7 Å². The number of hydrogen-bond donors (Lipinski definition) is 2. The Morgan fingerprint density at radius 3 is 2.62 bits per heavy atom. The SMILES string of the molecule is C=Cc1ccc(F)cc1C(C)C(C)=C(O)Cc1cc(C(=O)O)ccc1OC1CCOCC1. The van der Waals surface area contributed by atoms with Crippen molar-refractivity contribution in [3.05, 3.63) is 82.4 Å². The molecule has 0 amide bonds. The summed E-state index contributed by atoms with van der Waals surface area (Å²) in [6.07, 6.45) is 3.25. The molecule has 1 heterocycles. The lowest BCUT2D eigenvalue weighted by Gasteiger charge is -2.25. The standard InChI is InChI=1S/C26H29FO5/c1-4-18-5-7-21(27)15-23(18)16(2)17(3)24(28)14-20-13-19(26(29)30)6-8-25(20)32-22-9-11-31-12-10-22/h4-8,13,15-16,22,28H,1,9-12,14H2,2-3H3,(H,29,30). The molecule has 0 aliphatic carbocycles. The van der Waals surface area contributed by atoms with E-state index in [9.17, 15) is 19.4 Å². The number of carboxylic acid groups (broad SMARTS) is 1. The van der Waals surface area contributed by atoms with Crippen molar-refractivity contribution >= 4 is 12.0 Å².